The lowest BCUT2D eigenvalue weighted by atomic mass is 10.0. The predicted octanol–water partition coefficient (Wildman–Crippen LogP) is 5.18. The van der Waals surface area contributed by atoms with Crippen molar-refractivity contribution in [2.24, 2.45) is 22.2 Å². The molecule has 3 atom stereocenters. The minimum atomic E-state index is -4.64. The van der Waals surface area contributed by atoms with Gasteiger partial charge in [-0.1, -0.05) is 23.7 Å². The topological polar surface area (TPSA) is 188 Å². The molecule has 0 fully saturated rings. The van der Waals surface area contributed by atoms with E-state index in [0.29, 0.717) is 54.2 Å². The highest BCUT2D eigenvalue weighted by Gasteiger charge is 2.43. The summed E-state index contributed by atoms with van der Waals surface area (Å²) in [6.45, 7) is 4.69. The normalized spacial score (nSPS) is 15.5. The molecule has 3 aromatic rings. The lowest BCUT2D eigenvalue weighted by molar-refractivity contribution is -0.198. The standard InChI is InChI=1S/C24H23ClF3NO4.C6H14N4O2/c1-13(2)32-16-5-3-14(4-6-16)23(24(26,27)28)33-17-7-8-19-18(12-17)21(25)22-15(11-20(30)31)9-10-29(19)22;7-4(5(11)12)2-1-3-10-6(8)9/h3-8,12-13,15,23H,9-11H2,1-2H3,(H,30,31);4H,1-3,7H2,(H,11,12)(H4,8,9,10)/t15-,23?;4-/m10/s1. The number of ether oxygens (including phenoxy) is 2. The quantitative estimate of drug-likeness (QED) is 0.0995. The Bertz CT molecular complexity index is 1510. The molecule has 0 amide bonds. The summed E-state index contributed by atoms with van der Waals surface area (Å²) in [6.07, 6.45) is -5.35. The van der Waals surface area contributed by atoms with Crippen molar-refractivity contribution < 1.29 is 42.4 Å². The Morgan fingerprint density at radius 1 is 1.09 bits per heavy atom. The van der Waals surface area contributed by atoms with Gasteiger partial charge < -0.3 is 41.5 Å². The molecule has 0 bridgehead atoms. The average molecular weight is 656 g/mol. The fourth-order valence-corrected chi connectivity index (χ4v) is 5.36. The largest absolute Gasteiger partial charge is 0.491 e. The van der Waals surface area contributed by atoms with E-state index in [9.17, 15) is 22.8 Å². The van der Waals surface area contributed by atoms with Crippen LogP contribution in [-0.4, -0.2) is 57.5 Å². The van der Waals surface area contributed by atoms with Crippen molar-refractivity contribution in [3.63, 3.8) is 0 Å². The van der Waals surface area contributed by atoms with Gasteiger partial charge in [-0.2, -0.15) is 13.2 Å². The number of nitrogens with zero attached hydrogens (tertiary/aromatic N) is 2. The van der Waals surface area contributed by atoms with Crippen molar-refractivity contribution in [2.45, 2.75) is 76.4 Å². The number of carboxylic acid groups (broad SMARTS) is 2. The molecule has 2 aromatic carbocycles. The number of hydrogen-bond acceptors (Lipinski definition) is 6. The van der Waals surface area contributed by atoms with Crippen molar-refractivity contribution in [1.82, 2.24) is 4.57 Å². The Kier molecular flexibility index (Phi) is 11.9. The van der Waals surface area contributed by atoms with Crippen LogP contribution >= 0.6 is 11.6 Å². The van der Waals surface area contributed by atoms with Crippen LogP contribution < -0.4 is 26.7 Å². The van der Waals surface area contributed by atoms with E-state index in [1.54, 1.807) is 6.07 Å². The summed E-state index contributed by atoms with van der Waals surface area (Å²) < 4.78 is 54.4. The summed E-state index contributed by atoms with van der Waals surface area (Å²) >= 11 is 6.55. The highest BCUT2D eigenvalue weighted by atomic mass is 35.5. The van der Waals surface area contributed by atoms with Gasteiger partial charge in [-0.05, 0) is 63.4 Å². The smallest absolute Gasteiger partial charge is 0.429 e. The molecule has 0 saturated heterocycles. The number of alkyl halides is 3. The number of aliphatic carboxylic acids is 2. The van der Waals surface area contributed by atoms with E-state index < -0.39 is 30.3 Å². The molecular weight excluding hydrogens is 619 g/mol. The Labute approximate surface area is 262 Å². The Hall–Kier alpha value is -4.17. The van der Waals surface area contributed by atoms with Gasteiger partial charge in [0.1, 0.15) is 17.5 Å². The Balaban J connectivity index is 0.000000392. The highest BCUT2D eigenvalue weighted by molar-refractivity contribution is 6.36. The molecule has 11 nitrogen and oxygen atoms in total. The number of halogens is 4. The second kappa shape index (κ2) is 15.2. The fourth-order valence-electron chi connectivity index (χ4n) is 4.95. The second-order valence-electron chi connectivity index (χ2n) is 10.8. The summed E-state index contributed by atoms with van der Waals surface area (Å²) in [6, 6.07) is 9.45. The third-order valence-electron chi connectivity index (χ3n) is 6.91. The number of aryl methyl sites for hydroxylation is 1. The molecule has 0 spiro atoms. The Morgan fingerprint density at radius 2 is 1.73 bits per heavy atom. The summed E-state index contributed by atoms with van der Waals surface area (Å²) in [5.74, 6) is -1.65. The zero-order valence-electron chi connectivity index (χ0n) is 24.8. The monoisotopic (exact) mass is 655 g/mol. The predicted molar refractivity (Wildman–Crippen MR) is 164 cm³/mol. The van der Waals surface area contributed by atoms with Crippen molar-refractivity contribution >= 4 is 40.4 Å². The number of aromatic nitrogens is 1. The van der Waals surface area contributed by atoms with E-state index in [4.69, 9.17) is 48.5 Å². The fraction of sp³-hybridized carbons (Fsp3) is 0.433. The number of benzene rings is 2. The zero-order chi connectivity index (χ0) is 33.5. The van der Waals surface area contributed by atoms with Gasteiger partial charge in [0.05, 0.1) is 23.1 Å². The average Bonchev–Trinajstić information content (AvgIpc) is 3.47. The number of rotatable bonds is 12. The van der Waals surface area contributed by atoms with E-state index in [1.165, 1.54) is 36.4 Å². The summed E-state index contributed by atoms with van der Waals surface area (Å²) in [5, 5.41) is 18.4. The van der Waals surface area contributed by atoms with Crippen LogP contribution in [0.3, 0.4) is 0 Å². The van der Waals surface area contributed by atoms with Crippen LogP contribution in [0.25, 0.3) is 10.9 Å². The van der Waals surface area contributed by atoms with Gasteiger partial charge in [0.25, 0.3) is 0 Å². The van der Waals surface area contributed by atoms with Gasteiger partial charge in [0.15, 0.2) is 5.96 Å². The molecule has 0 saturated carbocycles. The number of guanidine groups is 1. The maximum absolute atomic E-state index is 13.9. The van der Waals surface area contributed by atoms with Crippen LogP contribution in [0.5, 0.6) is 11.5 Å². The molecule has 45 heavy (non-hydrogen) atoms. The molecule has 15 heteroatoms. The third kappa shape index (κ3) is 9.66. The summed E-state index contributed by atoms with van der Waals surface area (Å²) in [5.41, 5.74) is 16.7. The molecule has 1 aromatic heterocycles. The summed E-state index contributed by atoms with van der Waals surface area (Å²) in [4.78, 5) is 25.1. The lowest BCUT2D eigenvalue weighted by Gasteiger charge is -2.22. The maximum Gasteiger partial charge on any atom is 0.429 e. The minimum absolute atomic E-state index is 0.0129. The molecular formula is C30H37ClF3N5O6. The van der Waals surface area contributed by atoms with Crippen molar-refractivity contribution in [3.8, 4) is 11.5 Å². The van der Waals surface area contributed by atoms with Gasteiger partial charge in [-0.25, -0.2) is 0 Å². The zero-order valence-corrected chi connectivity index (χ0v) is 25.5. The first kappa shape index (κ1) is 35.3. The van der Waals surface area contributed by atoms with Crippen LogP contribution in [0.15, 0.2) is 47.5 Å². The second-order valence-corrected chi connectivity index (χ2v) is 11.2. The van der Waals surface area contributed by atoms with Gasteiger partial charge in [0, 0.05) is 35.7 Å². The molecule has 4 rings (SSSR count). The van der Waals surface area contributed by atoms with Gasteiger partial charge in [0.2, 0.25) is 6.10 Å². The van der Waals surface area contributed by atoms with Gasteiger partial charge in [-0.15, -0.1) is 0 Å². The highest BCUT2D eigenvalue weighted by Crippen LogP contribution is 2.44. The molecule has 246 valence electrons. The van der Waals surface area contributed by atoms with E-state index in [1.807, 2.05) is 18.4 Å². The first-order valence-corrected chi connectivity index (χ1v) is 14.5. The van der Waals surface area contributed by atoms with Gasteiger partial charge >= 0.3 is 18.1 Å². The molecule has 0 radical (unpaired) electrons. The number of carboxylic acids is 2. The molecule has 1 aliphatic rings. The SMILES string of the molecule is CC(C)Oc1ccc(C(Oc2ccc3c(c2)c(Cl)c2n3CC[C@@H]2CC(=O)O)C(F)(F)F)cc1.NC(N)=NCCC[C@H](N)C(=O)O. The number of fused-ring (bicyclic) bond motifs is 3. The Morgan fingerprint density at radius 3 is 2.29 bits per heavy atom. The van der Waals surface area contributed by atoms with E-state index in [-0.39, 0.29) is 35.7 Å². The van der Waals surface area contributed by atoms with Crippen LogP contribution in [-0.2, 0) is 16.1 Å². The third-order valence-corrected chi connectivity index (χ3v) is 7.31. The van der Waals surface area contributed by atoms with Crippen LogP contribution in [0, 0.1) is 0 Å². The van der Waals surface area contributed by atoms with E-state index >= 15 is 0 Å². The molecule has 2 heterocycles. The molecule has 1 aliphatic heterocycles. The van der Waals surface area contributed by atoms with Crippen molar-refractivity contribution in [3.05, 3.63) is 58.7 Å². The first-order valence-electron chi connectivity index (χ1n) is 14.2. The van der Waals surface area contributed by atoms with Crippen LogP contribution in [0.4, 0.5) is 13.2 Å². The number of hydrogen-bond donors (Lipinski definition) is 5. The number of aliphatic imine (C=N–C) groups is 1. The van der Waals surface area contributed by atoms with E-state index in [0.717, 1.165) is 5.52 Å². The van der Waals surface area contributed by atoms with Crippen molar-refractivity contribution in [2.75, 3.05) is 6.54 Å². The van der Waals surface area contributed by atoms with Gasteiger partial charge in [-0.3, -0.25) is 14.6 Å². The lowest BCUT2D eigenvalue weighted by Crippen LogP contribution is -2.30. The van der Waals surface area contributed by atoms with Crippen LogP contribution in [0.2, 0.25) is 5.02 Å². The van der Waals surface area contributed by atoms with E-state index in [2.05, 4.69) is 4.99 Å². The molecule has 0 aliphatic carbocycles. The van der Waals surface area contributed by atoms with Crippen LogP contribution in [0.1, 0.15) is 62.8 Å². The number of carbonyl (C=O) groups is 2. The molecule has 8 N–H and O–H groups in total. The number of nitrogens with two attached hydrogens (primary N) is 3. The summed E-state index contributed by atoms with van der Waals surface area (Å²) in [7, 11) is 0. The minimum Gasteiger partial charge on any atom is -0.491 e. The maximum atomic E-state index is 13.9. The molecule has 1 unspecified atom stereocenters. The first-order chi connectivity index (χ1) is 21.1. The van der Waals surface area contributed by atoms with Crippen molar-refractivity contribution in [1.29, 1.82) is 0 Å².